The molecule has 0 aromatic heterocycles. The molecule has 116 valence electrons. The lowest BCUT2D eigenvalue weighted by Gasteiger charge is -2.34. The highest BCUT2D eigenvalue weighted by Crippen LogP contribution is 2.33. The molecule has 0 heterocycles. The van der Waals surface area contributed by atoms with Crippen LogP contribution in [0, 0.1) is 10.8 Å². The van der Waals surface area contributed by atoms with Gasteiger partial charge in [0.25, 0.3) is 0 Å². The van der Waals surface area contributed by atoms with Crippen molar-refractivity contribution in [3.63, 3.8) is 0 Å². The first-order chi connectivity index (χ1) is 9.60. The summed E-state index contributed by atoms with van der Waals surface area (Å²) in [4.78, 5) is 10.9. The van der Waals surface area contributed by atoms with E-state index >= 15 is 0 Å². The topological polar surface area (TPSA) is 76.2 Å². The molecule has 0 unspecified atom stereocenters. The molecule has 21 heavy (non-hydrogen) atoms. The predicted octanol–water partition coefficient (Wildman–Crippen LogP) is 3.93. The molecular weight excluding hydrogens is 264 g/mol. The van der Waals surface area contributed by atoms with Gasteiger partial charge < -0.3 is 15.9 Å². The highest BCUT2D eigenvalue weighted by atomic mass is 16.6. The molecule has 0 spiro atoms. The lowest BCUT2D eigenvalue weighted by molar-refractivity contribution is 0.0131. The molecule has 1 aromatic carbocycles. The third-order valence-electron chi connectivity index (χ3n) is 3.23. The van der Waals surface area contributed by atoms with Crippen LogP contribution in [0.15, 0.2) is 30.3 Å². The average molecular weight is 290 g/mol. The van der Waals surface area contributed by atoms with Crippen molar-refractivity contribution in [1.82, 2.24) is 0 Å². The van der Waals surface area contributed by atoms with Gasteiger partial charge in [-0.2, -0.15) is 0 Å². The first kappa shape index (κ1) is 17.2. The van der Waals surface area contributed by atoms with Crippen LogP contribution in [-0.2, 0) is 11.2 Å². The van der Waals surface area contributed by atoms with Crippen molar-refractivity contribution in [2.45, 2.75) is 52.6 Å². The summed E-state index contributed by atoms with van der Waals surface area (Å²) >= 11 is 0. The van der Waals surface area contributed by atoms with Crippen LogP contribution in [0.2, 0.25) is 0 Å². The summed E-state index contributed by atoms with van der Waals surface area (Å²) in [6, 6.07) is 10.00. The zero-order valence-electron chi connectivity index (χ0n) is 13.4. The van der Waals surface area contributed by atoms with Crippen LogP contribution in [0.25, 0.3) is 0 Å². The number of carbonyl (C=O) groups excluding carboxylic acids is 1. The van der Waals surface area contributed by atoms with Gasteiger partial charge in [-0.05, 0) is 37.7 Å². The number of primary amides is 1. The molecule has 0 atom stereocenters. The number of rotatable bonds is 7. The maximum absolute atomic E-state index is 10.9. The molecule has 0 radical (unpaired) electrons. The van der Waals surface area contributed by atoms with Gasteiger partial charge in [0.15, 0.2) is 0 Å². The normalized spacial score (nSPS) is 12.0. The van der Waals surface area contributed by atoms with E-state index in [1.54, 1.807) is 0 Å². The summed E-state index contributed by atoms with van der Waals surface area (Å²) in [5, 5.41) is 8.20. The monoisotopic (exact) mass is 290 g/mol. The van der Waals surface area contributed by atoms with Crippen LogP contribution < -0.4 is 5.73 Å². The fourth-order valence-corrected chi connectivity index (χ4v) is 3.01. The minimum Gasteiger partial charge on any atom is -0.444 e. The number of carbonyl (C=O) groups is 1. The Morgan fingerprint density at radius 2 is 1.76 bits per heavy atom. The Kier molecular flexibility index (Phi) is 5.53. The summed E-state index contributed by atoms with van der Waals surface area (Å²) in [5.41, 5.74) is 6.17. The van der Waals surface area contributed by atoms with Crippen LogP contribution >= 0.6 is 0 Å². The molecule has 1 aromatic rings. The molecule has 1 amide bonds. The van der Waals surface area contributed by atoms with Crippen LogP contribution in [0.3, 0.4) is 0 Å². The maximum atomic E-state index is 10.9. The lowest BCUT2D eigenvalue weighted by atomic mass is 9.77. The molecule has 0 fully saturated rings. The van der Waals surface area contributed by atoms with E-state index in [0.717, 1.165) is 5.56 Å². The first-order valence-corrected chi connectivity index (χ1v) is 7.18. The third kappa shape index (κ3) is 6.93. The summed E-state index contributed by atoms with van der Waals surface area (Å²) in [7, 11) is 0. The van der Waals surface area contributed by atoms with Crippen molar-refractivity contribution >= 4 is 11.8 Å². The molecule has 0 saturated heterocycles. The molecule has 0 saturated carbocycles. The minimum atomic E-state index is -0.754. The van der Waals surface area contributed by atoms with Crippen molar-refractivity contribution in [3.8, 4) is 0 Å². The molecular formula is C17H26N2O2. The van der Waals surface area contributed by atoms with Gasteiger partial charge in [0.2, 0.25) is 0 Å². The molecule has 4 heteroatoms. The highest BCUT2D eigenvalue weighted by molar-refractivity contribution is 5.84. The SMILES string of the molecule is CC(C)(CC(=N)Cc1ccccc1)CC(C)(C)OC(N)=O. The van der Waals surface area contributed by atoms with Crippen LogP contribution in [0.1, 0.15) is 46.1 Å². The van der Waals surface area contributed by atoms with Crippen LogP contribution in [-0.4, -0.2) is 17.4 Å². The van der Waals surface area contributed by atoms with Gasteiger partial charge in [-0.1, -0.05) is 44.2 Å². The molecule has 0 aliphatic carbocycles. The molecule has 3 N–H and O–H groups in total. The molecule has 0 aliphatic heterocycles. The zero-order valence-corrected chi connectivity index (χ0v) is 13.4. The van der Waals surface area contributed by atoms with Crippen LogP contribution in [0.5, 0.6) is 0 Å². The van der Waals surface area contributed by atoms with E-state index in [0.29, 0.717) is 25.0 Å². The standard InChI is InChI=1S/C17H26N2O2/c1-16(2,12-17(3,4)21-15(19)20)11-14(18)10-13-8-6-5-7-9-13/h5-9,18H,10-12H2,1-4H3,(H2,19,20). The number of ether oxygens (including phenoxy) is 1. The molecule has 0 aliphatic rings. The smallest absolute Gasteiger partial charge is 0.405 e. The molecule has 0 bridgehead atoms. The largest absolute Gasteiger partial charge is 0.444 e. The van der Waals surface area contributed by atoms with Gasteiger partial charge in [0.05, 0.1) is 0 Å². The predicted molar refractivity (Wildman–Crippen MR) is 85.6 cm³/mol. The number of benzene rings is 1. The van der Waals surface area contributed by atoms with E-state index in [2.05, 4.69) is 13.8 Å². The summed E-state index contributed by atoms with van der Waals surface area (Å²) in [5.74, 6) is 0. The Bertz CT molecular complexity index is 493. The van der Waals surface area contributed by atoms with Gasteiger partial charge >= 0.3 is 6.09 Å². The Morgan fingerprint density at radius 3 is 2.29 bits per heavy atom. The first-order valence-electron chi connectivity index (χ1n) is 7.18. The van der Waals surface area contributed by atoms with E-state index in [-0.39, 0.29) is 5.41 Å². The highest BCUT2D eigenvalue weighted by Gasteiger charge is 2.32. The van der Waals surface area contributed by atoms with Gasteiger partial charge in [0.1, 0.15) is 5.60 Å². The Balaban J connectivity index is 2.59. The second-order valence-electron chi connectivity index (χ2n) is 6.96. The minimum absolute atomic E-state index is 0.134. The van der Waals surface area contributed by atoms with Crippen molar-refractivity contribution in [2.75, 3.05) is 0 Å². The third-order valence-corrected chi connectivity index (χ3v) is 3.23. The summed E-state index contributed by atoms with van der Waals surface area (Å²) in [6.45, 7) is 7.86. The van der Waals surface area contributed by atoms with Gasteiger partial charge in [-0.25, -0.2) is 4.79 Å². The zero-order chi connectivity index (χ0) is 16.1. The van der Waals surface area contributed by atoms with E-state index < -0.39 is 11.7 Å². The van der Waals surface area contributed by atoms with Crippen molar-refractivity contribution in [2.24, 2.45) is 11.1 Å². The second-order valence-corrected chi connectivity index (χ2v) is 6.96. The van der Waals surface area contributed by atoms with E-state index in [9.17, 15) is 4.79 Å². The van der Waals surface area contributed by atoms with E-state index in [4.69, 9.17) is 15.9 Å². The van der Waals surface area contributed by atoms with Gasteiger partial charge in [0, 0.05) is 12.1 Å². The Hall–Kier alpha value is -1.84. The fraction of sp³-hybridized carbons (Fsp3) is 0.529. The number of hydrogen-bond donors (Lipinski definition) is 2. The average Bonchev–Trinajstić information content (AvgIpc) is 2.24. The Labute approximate surface area is 127 Å². The fourth-order valence-electron chi connectivity index (χ4n) is 3.01. The number of amides is 1. The van der Waals surface area contributed by atoms with Crippen molar-refractivity contribution in [1.29, 1.82) is 5.41 Å². The maximum Gasteiger partial charge on any atom is 0.405 e. The van der Waals surface area contributed by atoms with Gasteiger partial charge in [-0.3, -0.25) is 0 Å². The number of nitrogens with one attached hydrogen (secondary N) is 1. The quantitative estimate of drug-likeness (QED) is 0.746. The summed E-state index contributed by atoms with van der Waals surface area (Å²) < 4.78 is 5.14. The van der Waals surface area contributed by atoms with Crippen molar-refractivity contribution in [3.05, 3.63) is 35.9 Å². The van der Waals surface area contributed by atoms with Gasteiger partial charge in [-0.15, -0.1) is 0 Å². The molecule has 4 nitrogen and oxygen atoms in total. The summed E-state index contributed by atoms with van der Waals surface area (Å²) in [6.07, 6.45) is 1.21. The number of hydrogen-bond acceptors (Lipinski definition) is 3. The Morgan fingerprint density at radius 1 is 1.19 bits per heavy atom. The number of nitrogens with two attached hydrogens (primary N) is 1. The molecule has 1 rings (SSSR count). The lowest BCUT2D eigenvalue weighted by Crippen LogP contribution is -2.36. The second kappa shape index (κ2) is 6.74. The van der Waals surface area contributed by atoms with Crippen LogP contribution in [0.4, 0.5) is 4.79 Å². The van der Waals surface area contributed by atoms with Crippen molar-refractivity contribution < 1.29 is 9.53 Å². The van der Waals surface area contributed by atoms with E-state index in [1.165, 1.54) is 0 Å². The van der Waals surface area contributed by atoms with E-state index in [1.807, 2.05) is 44.2 Å².